The number of nitrogens with one attached hydrogen (secondary N) is 1. The van der Waals surface area contributed by atoms with Crippen LogP contribution in [0, 0.1) is 0 Å². The molecule has 0 aromatic carbocycles. The summed E-state index contributed by atoms with van der Waals surface area (Å²) in [4.78, 5) is 6.66. The van der Waals surface area contributed by atoms with Crippen LogP contribution in [0.4, 0.5) is 0 Å². The Labute approximate surface area is 84.5 Å². The number of ether oxygens (including phenoxy) is 2. The summed E-state index contributed by atoms with van der Waals surface area (Å²) >= 11 is 0. The van der Waals surface area contributed by atoms with Crippen LogP contribution >= 0.6 is 0 Å². The fraction of sp³-hybridized carbons (Fsp3) is 1.00. The Morgan fingerprint density at radius 3 is 2.29 bits per heavy atom. The predicted molar refractivity (Wildman–Crippen MR) is 51.2 cm³/mol. The molecule has 0 aliphatic rings. The Morgan fingerprint density at radius 2 is 1.71 bits per heavy atom. The topological polar surface area (TPSA) is 73.9 Å². The van der Waals surface area contributed by atoms with Gasteiger partial charge in [0.15, 0.2) is 0 Å². The van der Waals surface area contributed by atoms with E-state index in [1.807, 2.05) is 4.89 Å². The van der Waals surface area contributed by atoms with Crippen LogP contribution in [0.1, 0.15) is 6.42 Å². The van der Waals surface area contributed by atoms with Gasteiger partial charge in [-0.25, -0.2) is 8.42 Å². The van der Waals surface area contributed by atoms with Crippen molar-refractivity contribution in [3.8, 4) is 0 Å². The molecule has 86 valence electrons. The van der Waals surface area contributed by atoms with Crippen molar-refractivity contribution in [1.82, 2.24) is 4.89 Å². The molecule has 0 amide bonds. The third-order valence-corrected chi connectivity index (χ3v) is 2.53. The molecule has 14 heavy (non-hydrogen) atoms. The van der Waals surface area contributed by atoms with Crippen molar-refractivity contribution in [3.63, 3.8) is 0 Å². The van der Waals surface area contributed by atoms with E-state index in [2.05, 4.69) is 9.57 Å². The molecule has 0 radical (unpaired) electrons. The molecule has 0 aliphatic heterocycles. The molecule has 0 fully saturated rings. The van der Waals surface area contributed by atoms with E-state index in [-0.39, 0.29) is 12.4 Å². The highest BCUT2D eigenvalue weighted by Gasteiger charge is 2.08. The van der Waals surface area contributed by atoms with Gasteiger partial charge in [-0.15, -0.1) is 0 Å². The maximum atomic E-state index is 11.1. The van der Waals surface area contributed by atoms with Crippen molar-refractivity contribution in [1.29, 1.82) is 0 Å². The van der Waals surface area contributed by atoms with Gasteiger partial charge in [-0.1, -0.05) is 4.89 Å². The van der Waals surface area contributed by atoms with Crippen molar-refractivity contribution in [2.24, 2.45) is 0 Å². The molecule has 0 saturated heterocycles. The van der Waals surface area contributed by atoms with Crippen molar-refractivity contribution in [3.05, 3.63) is 0 Å². The molecule has 0 heterocycles. The normalized spacial score (nSPS) is 11.9. The molecule has 0 bridgehead atoms. The van der Waals surface area contributed by atoms with Gasteiger partial charge in [0.1, 0.15) is 0 Å². The molecule has 0 spiro atoms. The monoisotopic (exact) mass is 227 g/mol. The second-order valence-electron chi connectivity index (χ2n) is 2.59. The van der Waals surface area contributed by atoms with Gasteiger partial charge < -0.3 is 9.47 Å². The summed E-state index contributed by atoms with van der Waals surface area (Å²) in [5.41, 5.74) is 0. The molecule has 0 rings (SSSR count). The Balaban J connectivity index is 3.52. The lowest BCUT2D eigenvalue weighted by Crippen LogP contribution is -2.28. The van der Waals surface area contributed by atoms with Crippen molar-refractivity contribution in [2.45, 2.75) is 6.42 Å². The third-order valence-electron chi connectivity index (χ3n) is 1.34. The highest BCUT2D eigenvalue weighted by Crippen LogP contribution is 1.90. The molecule has 0 aliphatic carbocycles. The van der Waals surface area contributed by atoms with Crippen LogP contribution in [0.3, 0.4) is 0 Å². The van der Waals surface area contributed by atoms with Gasteiger partial charge >= 0.3 is 0 Å². The fourth-order valence-corrected chi connectivity index (χ4v) is 1.54. The van der Waals surface area contributed by atoms with Crippen molar-refractivity contribution >= 4 is 10.0 Å². The molecular weight excluding hydrogens is 210 g/mol. The lowest BCUT2D eigenvalue weighted by Gasteiger charge is -2.06. The van der Waals surface area contributed by atoms with Crippen molar-refractivity contribution in [2.75, 3.05) is 39.8 Å². The molecule has 0 unspecified atom stereocenters. The largest absolute Gasteiger partial charge is 0.385 e. The minimum Gasteiger partial charge on any atom is -0.385 e. The van der Waals surface area contributed by atoms with Gasteiger partial charge in [0.2, 0.25) is 10.0 Å². The van der Waals surface area contributed by atoms with Crippen LogP contribution in [-0.2, 0) is 24.3 Å². The van der Waals surface area contributed by atoms with Crippen LogP contribution < -0.4 is 4.89 Å². The molecule has 0 aromatic rings. The maximum absolute atomic E-state index is 11.1. The number of rotatable bonds is 9. The second-order valence-corrected chi connectivity index (χ2v) is 4.39. The van der Waals surface area contributed by atoms with Crippen LogP contribution in [0.2, 0.25) is 0 Å². The molecule has 0 atom stereocenters. The highest BCUT2D eigenvalue weighted by molar-refractivity contribution is 7.89. The lowest BCUT2D eigenvalue weighted by atomic mass is 10.5. The van der Waals surface area contributed by atoms with Crippen LogP contribution in [0.25, 0.3) is 0 Å². The van der Waals surface area contributed by atoms with Crippen LogP contribution in [0.5, 0.6) is 0 Å². The summed E-state index contributed by atoms with van der Waals surface area (Å²) in [6, 6.07) is 0. The Hall–Kier alpha value is -0.210. The van der Waals surface area contributed by atoms with Crippen molar-refractivity contribution < 1.29 is 22.7 Å². The molecule has 7 heteroatoms. The Kier molecular flexibility index (Phi) is 8.01. The third kappa shape index (κ3) is 8.39. The second kappa shape index (κ2) is 8.13. The minimum atomic E-state index is -3.34. The zero-order valence-electron chi connectivity index (χ0n) is 8.49. The zero-order chi connectivity index (χ0) is 10.9. The standard InChI is InChI=1S/C7H17NO5S/c1-11-4-3-7-14(9,10)8-13-6-5-12-2/h8H,3-7H2,1-2H3. The Bertz CT molecular complexity index is 216. The Morgan fingerprint density at radius 1 is 1.07 bits per heavy atom. The molecule has 6 nitrogen and oxygen atoms in total. The average Bonchev–Trinajstić information content (AvgIpc) is 2.13. The number of hydrogen-bond donors (Lipinski definition) is 1. The van der Waals surface area contributed by atoms with Gasteiger partial charge in [-0.2, -0.15) is 0 Å². The smallest absolute Gasteiger partial charge is 0.233 e. The number of sulfonamides is 1. The minimum absolute atomic E-state index is 0.00613. The highest BCUT2D eigenvalue weighted by atomic mass is 32.2. The summed E-state index contributed by atoms with van der Waals surface area (Å²) in [5, 5.41) is 0. The summed E-state index contributed by atoms with van der Waals surface area (Å²) in [6.45, 7) is 0.958. The lowest BCUT2D eigenvalue weighted by molar-refractivity contribution is 0.0437. The van der Waals surface area contributed by atoms with Gasteiger partial charge in [0.05, 0.1) is 19.0 Å². The first-order valence-electron chi connectivity index (χ1n) is 4.21. The first kappa shape index (κ1) is 13.8. The van der Waals surface area contributed by atoms with Gasteiger partial charge in [0.25, 0.3) is 0 Å². The van der Waals surface area contributed by atoms with E-state index < -0.39 is 10.0 Å². The van der Waals surface area contributed by atoms with Crippen LogP contribution in [0.15, 0.2) is 0 Å². The van der Waals surface area contributed by atoms with E-state index in [1.165, 1.54) is 14.2 Å². The summed E-state index contributed by atoms with van der Waals surface area (Å²) in [6.07, 6.45) is 0.444. The first-order valence-corrected chi connectivity index (χ1v) is 5.87. The summed E-state index contributed by atoms with van der Waals surface area (Å²) in [5.74, 6) is -0.00613. The molecule has 0 aromatic heterocycles. The van der Waals surface area contributed by atoms with E-state index in [0.717, 1.165) is 0 Å². The summed E-state index contributed by atoms with van der Waals surface area (Å²) < 4.78 is 31.7. The van der Waals surface area contributed by atoms with Gasteiger partial charge in [0, 0.05) is 20.8 Å². The quantitative estimate of drug-likeness (QED) is 0.425. The SMILES string of the molecule is COCCCS(=O)(=O)NOCCOC. The fourth-order valence-electron chi connectivity index (χ4n) is 0.691. The van der Waals surface area contributed by atoms with Gasteiger partial charge in [-0.3, -0.25) is 4.84 Å². The molecular formula is C7H17NO5S. The van der Waals surface area contributed by atoms with Gasteiger partial charge in [-0.05, 0) is 6.42 Å². The first-order chi connectivity index (χ1) is 6.62. The van der Waals surface area contributed by atoms with E-state index in [9.17, 15) is 8.42 Å². The molecule has 1 N–H and O–H groups in total. The average molecular weight is 227 g/mol. The summed E-state index contributed by atoms with van der Waals surface area (Å²) in [7, 11) is -0.309. The molecule has 0 saturated carbocycles. The number of methoxy groups -OCH3 is 2. The van der Waals surface area contributed by atoms with E-state index in [1.54, 1.807) is 0 Å². The van der Waals surface area contributed by atoms with E-state index in [0.29, 0.717) is 19.6 Å². The number of hydrogen-bond acceptors (Lipinski definition) is 5. The van der Waals surface area contributed by atoms with E-state index >= 15 is 0 Å². The maximum Gasteiger partial charge on any atom is 0.233 e. The zero-order valence-corrected chi connectivity index (χ0v) is 9.30. The predicted octanol–water partition coefficient (Wildman–Crippen LogP) is -0.480. The van der Waals surface area contributed by atoms with E-state index in [4.69, 9.17) is 4.74 Å². The van der Waals surface area contributed by atoms with Crippen LogP contribution in [-0.4, -0.2) is 48.2 Å².